The van der Waals surface area contributed by atoms with Gasteiger partial charge in [-0.3, -0.25) is 4.79 Å². The van der Waals surface area contributed by atoms with Crippen LogP contribution >= 0.6 is 0 Å². The second kappa shape index (κ2) is 6.23. The van der Waals surface area contributed by atoms with E-state index in [2.05, 4.69) is 6.92 Å². The number of ketones is 1. The van der Waals surface area contributed by atoms with E-state index in [9.17, 15) is 19.8 Å². The van der Waals surface area contributed by atoms with Gasteiger partial charge in [0.1, 0.15) is 29.0 Å². The van der Waals surface area contributed by atoms with Gasteiger partial charge in [-0.2, -0.15) is 0 Å². The average molecular weight is 487 g/mol. The molecule has 6 fully saturated rings. The minimum absolute atomic E-state index is 0.0161. The number of allylic oxidation sites excluding steroid dienone is 1. The molecule has 3 saturated carbocycles. The fraction of sp³-hybridized carbons (Fsp3) is 0.857. The quantitative estimate of drug-likeness (QED) is 0.456. The summed E-state index contributed by atoms with van der Waals surface area (Å²) in [5, 5.41) is 22.9. The summed E-state index contributed by atoms with van der Waals surface area (Å²) in [6, 6.07) is 0. The third kappa shape index (κ3) is 2.35. The van der Waals surface area contributed by atoms with Crippen molar-refractivity contribution < 1.29 is 34.0 Å². The van der Waals surface area contributed by atoms with Crippen LogP contribution in [0, 0.1) is 34.5 Å². The summed E-state index contributed by atoms with van der Waals surface area (Å²) in [6.45, 7) is 9.90. The largest absolute Gasteiger partial charge is 0.457 e. The third-order valence-electron chi connectivity index (χ3n) is 12.6. The van der Waals surface area contributed by atoms with E-state index in [1.807, 2.05) is 20.8 Å². The van der Waals surface area contributed by atoms with Crippen LogP contribution in [0.1, 0.15) is 73.1 Å². The van der Waals surface area contributed by atoms with Crippen molar-refractivity contribution in [1.82, 2.24) is 0 Å². The van der Waals surface area contributed by atoms with Gasteiger partial charge >= 0.3 is 5.97 Å². The molecule has 0 aromatic heterocycles. The van der Waals surface area contributed by atoms with Gasteiger partial charge in [-0.15, -0.1) is 0 Å². The van der Waals surface area contributed by atoms with Crippen LogP contribution < -0.4 is 0 Å². The highest BCUT2D eigenvalue weighted by Gasteiger charge is 2.81. The molecule has 7 aliphatic rings. The monoisotopic (exact) mass is 486 g/mol. The Morgan fingerprint density at radius 2 is 1.83 bits per heavy atom. The summed E-state index contributed by atoms with van der Waals surface area (Å²) >= 11 is 0. The molecule has 2 N–H and O–H groups in total. The van der Waals surface area contributed by atoms with Crippen LogP contribution in [-0.4, -0.2) is 62.7 Å². The summed E-state index contributed by atoms with van der Waals surface area (Å²) < 4.78 is 17.9. The molecule has 7 heteroatoms. The zero-order chi connectivity index (χ0) is 25.0. The van der Waals surface area contributed by atoms with Crippen molar-refractivity contribution in [3.8, 4) is 0 Å². The van der Waals surface area contributed by atoms with Crippen LogP contribution in [0.3, 0.4) is 0 Å². The summed E-state index contributed by atoms with van der Waals surface area (Å²) in [7, 11) is 0. The van der Waals surface area contributed by atoms with Gasteiger partial charge in [-0.25, -0.2) is 4.79 Å². The lowest BCUT2D eigenvalue weighted by Crippen LogP contribution is -2.64. The zero-order valence-electron chi connectivity index (χ0n) is 21.4. The number of ether oxygens (including phenoxy) is 3. The number of epoxide rings is 2. The summed E-state index contributed by atoms with van der Waals surface area (Å²) in [5.41, 5.74) is -4.23. The lowest BCUT2D eigenvalue weighted by atomic mass is 9.44. The highest BCUT2D eigenvalue weighted by atomic mass is 16.7. The number of rotatable bonds is 2. The van der Waals surface area contributed by atoms with Crippen LogP contribution in [0.5, 0.6) is 0 Å². The molecule has 0 aromatic carbocycles. The van der Waals surface area contributed by atoms with Crippen LogP contribution in [0.4, 0.5) is 0 Å². The van der Waals surface area contributed by atoms with Crippen LogP contribution in [0.25, 0.3) is 0 Å². The first kappa shape index (κ1) is 22.9. The fourth-order valence-electron chi connectivity index (χ4n) is 10.3. The molecule has 0 aromatic rings. The minimum Gasteiger partial charge on any atom is -0.457 e. The van der Waals surface area contributed by atoms with Crippen molar-refractivity contribution >= 4 is 11.8 Å². The molecule has 3 aliphatic heterocycles. The number of aliphatic hydroxyl groups excluding tert-OH is 1. The lowest BCUT2D eigenvalue weighted by molar-refractivity contribution is -0.195. The number of hydrogen-bond donors (Lipinski definition) is 2. The highest BCUT2D eigenvalue weighted by Crippen LogP contribution is 2.73. The smallest absolute Gasteiger partial charge is 0.341 e. The van der Waals surface area contributed by atoms with Crippen molar-refractivity contribution in [2.75, 3.05) is 0 Å². The first-order chi connectivity index (χ1) is 16.3. The number of carbonyl (C=O) groups is 2. The topological polar surface area (TPSA) is 109 Å². The summed E-state index contributed by atoms with van der Waals surface area (Å²) in [5.74, 6) is 0.513. The third-order valence-corrected chi connectivity index (χ3v) is 12.6. The maximum Gasteiger partial charge on any atom is 0.341 e. The lowest BCUT2D eigenvalue weighted by Gasteiger charge is -2.59. The second-order valence-electron chi connectivity index (χ2n) is 13.7. The molecule has 3 heterocycles. The predicted octanol–water partition coefficient (Wildman–Crippen LogP) is 2.71. The zero-order valence-corrected chi connectivity index (χ0v) is 21.4. The number of esters is 1. The molecule has 13 unspecified atom stereocenters. The van der Waals surface area contributed by atoms with Crippen LogP contribution in [0.15, 0.2) is 12.2 Å². The molecular weight excluding hydrogens is 448 g/mol. The van der Waals surface area contributed by atoms with Gasteiger partial charge in [0, 0.05) is 6.42 Å². The Labute approximate surface area is 206 Å². The van der Waals surface area contributed by atoms with E-state index in [0.29, 0.717) is 18.3 Å². The van der Waals surface area contributed by atoms with E-state index in [1.54, 1.807) is 19.1 Å². The maximum atomic E-state index is 13.3. The molecule has 35 heavy (non-hydrogen) atoms. The first-order valence-corrected chi connectivity index (χ1v) is 13.5. The Balaban J connectivity index is 1.19. The number of fused-ring (bicyclic) bond motifs is 5. The van der Waals surface area contributed by atoms with E-state index in [4.69, 9.17) is 14.2 Å². The molecular formula is C28H38O7. The molecule has 192 valence electrons. The Morgan fingerprint density at radius 3 is 2.54 bits per heavy atom. The van der Waals surface area contributed by atoms with E-state index in [1.165, 1.54) is 0 Å². The minimum atomic E-state index is -1.17. The molecule has 7 nitrogen and oxygen atoms in total. The average Bonchev–Trinajstić information content (AvgIpc) is 3.60. The molecule has 3 saturated heterocycles. The molecule has 0 radical (unpaired) electrons. The normalized spacial score (nSPS) is 61.4. The standard InChI is InChI=1S/C28H38O7/c1-23-11-10-16-14(12-20-28(34-20)19(30)9-8-18(29)25(16,28)3)15(23)6-7-17(23)26(4,32)21-13-24(2)27(5,35-24)22(31)33-21/h8-9,14-17,19-21,30,32H,6-7,10-13H2,1-5H3. The Kier molecular flexibility index (Phi) is 4.07. The fourth-order valence-corrected chi connectivity index (χ4v) is 10.3. The van der Waals surface area contributed by atoms with Gasteiger partial charge in [0.2, 0.25) is 0 Å². The number of carbonyl (C=O) groups excluding carboxylic acids is 2. The molecule has 0 bridgehead atoms. The van der Waals surface area contributed by atoms with Gasteiger partial charge in [-0.05, 0) is 101 Å². The molecule has 4 aliphatic carbocycles. The molecule has 0 amide bonds. The molecule has 1 spiro atoms. The van der Waals surface area contributed by atoms with Gasteiger partial charge < -0.3 is 24.4 Å². The van der Waals surface area contributed by atoms with E-state index >= 15 is 0 Å². The van der Waals surface area contributed by atoms with E-state index in [-0.39, 0.29) is 35.1 Å². The van der Waals surface area contributed by atoms with Crippen LogP contribution in [0.2, 0.25) is 0 Å². The SMILES string of the molecule is CC(O)(C1CC2(C)OC2(C)C(=O)O1)C1CCC2C3CC4OC45C(O)C=CC(=O)C5(C)C3CCC21C. The Hall–Kier alpha value is -1.28. The van der Waals surface area contributed by atoms with Gasteiger partial charge in [0.25, 0.3) is 0 Å². The first-order valence-electron chi connectivity index (χ1n) is 13.5. The van der Waals surface area contributed by atoms with Crippen molar-refractivity contribution in [3.05, 3.63) is 12.2 Å². The highest BCUT2D eigenvalue weighted by molar-refractivity contribution is 5.98. The molecule has 13 atom stereocenters. The number of cyclic esters (lactones) is 1. The maximum absolute atomic E-state index is 13.3. The summed E-state index contributed by atoms with van der Waals surface area (Å²) in [6.07, 6.45) is 6.72. The number of aliphatic hydroxyl groups is 2. The second-order valence-corrected chi connectivity index (χ2v) is 13.7. The Morgan fingerprint density at radius 1 is 1.09 bits per heavy atom. The van der Waals surface area contributed by atoms with Gasteiger partial charge in [0.15, 0.2) is 11.4 Å². The van der Waals surface area contributed by atoms with Crippen LogP contribution in [-0.2, 0) is 23.8 Å². The summed E-state index contributed by atoms with van der Waals surface area (Å²) in [4.78, 5) is 26.0. The van der Waals surface area contributed by atoms with E-state index in [0.717, 1.165) is 32.1 Å². The van der Waals surface area contributed by atoms with Gasteiger partial charge in [-0.1, -0.05) is 6.92 Å². The van der Waals surface area contributed by atoms with Crippen molar-refractivity contribution in [1.29, 1.82) is 0 Å². The van der Waals surface area contributed by atoms with E-state index < -0.39 is 40.0 Å². The van der Waals surface area contributed by atoms with Crippen molar-refractivity contribution in [2.24, 2.45) is 34.5 Å². The molecule has 7 rings (SSSR count). The Bertz CT molecular complexity index is 1070. The van der Waals surface area contributed by atoms with Crippen molar-refractivity contribution in [2.45, 2.75) is 114 Å². The predicted molar refractivity (Wildman–Crippen MR) is 124 cm³/mol. The van der Waals surface area contributed by atoms with Crippen molar-refractivity contribution in [3.63, 3.8) is 0 Å². The van der Waals surface area contributed by atoms with Gasteiger partial charge in [0.05, 0.1) is 11.5 Å². The number of hydrogen-bond acceptors (Lipinski definition) is 7.